The average molecular weight is 169 g/mol. The predicted octanol–water partition coefficient (Wildman–Crippen LogP) is 2.14. The lowest BCUT2D eigenvalue weighted by Gasteiger charge is -2.27. The Hall–Kier alpha value is -0.0800. The number of ether oxygens (including phenoxy) is 2. The standard InChI is InChI=1S/C10H17O2/c1-11-10(8-5-6-8)7-12-9-3-2-4-9/h7-10H,2-6H2,1H3. The summed E-state index contributed by atoms with van der Waals surface area (Å²) in [6.45, 7) is 1.92. The second-order valence-corrected chi connectivity index (χ2v) is 3.86. The van der Waals surface area contributed by atoms with Crippen LogP contribution < -0.4 is 0 Å². The summed E-state index contributed by atoms with van der Waals surface area (Å²) in [7, 11) is 1.77. The van der Waals surface area contributed by atoms with Crippen molar-refractivity contribution in [3.05, 3.63) is 6.61 Å². The quantitative estimate of drug-likeness (QED) is 0.627. The van der Waals surface area contributed by atoms with E-state index in [-0.39, 0.29) is 6.10 Å². The summed E-state index contributed by atoms with van der Waals surface area (Å²) in [4.78, 5) is 0. The molecule has 0 amide bonds. The summed E-state index contributed by atoms with van der Waals surface area (Å²) in [6, 6.07) is 0. The van der Waals surface area contributed by atoms with E-state index in [1.165, 1.54) is 32.1 Å². The third kappa shape index (κ3) is 1.99. The molecule has 0 aromatic heterocycles. The maximum absolute atomic E-state index is 5.58. The Morgan fingerprint density at radius 3 is 2.42 bits per heavy atom. The maximum atomic E-state index is 5.58. The highest BCUT2D eigenvalue weighted by atomic mass is 16.5. The number of rotatable bonds is 5. The van der Waals surface area contributed by atoms with Gasteiger partial charge in [-0.2, -0.15) is 0 Å². The van der Waals surface area contributed by atoms with E-state index in [0.29, 0.717) is 6.10 Å². The number of hydrogen-bond donors (Lipinski definition) is 0. The van der Waals surface area contributed by atoms with Crippen LogP contribution in [-0.4, -0.2) is 19.3 Å². The average Bonchev–Trinajstić information content (AvgIpc) is 2.77. The molecule has 2 nitrogen and oxygen atoms in total. The van der Waals surface area contributed by atoms with Gasteiger partial charge in [0.15, 0.2) is 0 Å². The molecule has 0 saturated heterocycles. The van der Waals surface area contributed by atoms with E-state index >= 15 is 0 Å². The van der Waals surface area contributed by atoms with Gasteiger partial charge < -0.3 is 9.47 Å². The molecule has 1 radical (unpaired) electrons. The molecule has 2 fully saturated rings. The lowest BCUT2D eigenvalue weighted by molar-refractivity contribution is -0.0167. The van der Waals surface area contributed by atoms with Gasteiger partial charge in [0.1, 0.15) is 6.61 Å². The predicted molar refractivity (Wildman–Crippen MR) is 46.5 cm³/mol. The minimum Gasteiger partial charge on any atom is -0.378 e. The van der Waals surface area contributed by atoms with Gasteiger partial charge >= 0.3 is 0 Å². The number of hydrogen-bond acceptors (Lipinski definition) is 2. The maximum Gasteiger partial charge on any atom is 0.113 e. The van der Waals surface area contributed by atoms with Gasteiger partial charge in [0.2, 0.25) is 0 Å². The first-order valence-electron chi connectivity index (χ1n) is 4.92. The van der Waals surface area contributed by atoms with Crippen molar-refractivity contribution in [3.8, 4) is 0 Å². The minimum atomic E-state index is 0.255. The molecule has 0 aromatic rings. The van der Waals surface area contributed by atoms with Gasteiger partial charge in [0, 0.05) is 7.11 Å². The Labute approximate surface area is 74.2 Å². The van der Waals surface area contributed by atoms with Crippen molar-refractivity contribution >= 4 is 0 Å². The fourth-order valence-electron chi connectivity index (χ4n) is 1.48. The van der Waals surface area contributed by atoms with E-state index in [4.69, 9.17) is 9.47 Å². The van der Waals surface area contributed by atoms with Gasteiger partial charge in [-0.3, -0.25) is 0 Å². The zero-order valence-electron chi connectivity index (χ0n) is 7.66. The first-order valence-corrected chi connectivity index (χ1v) is 4.92. The van der Waals surface area contributed by atoms with E-state index in [2.05, 4.69) is 0 Å². The molecule has 0 spiro atoms. The Morgan fingerprint density at radius 2 is 2.00 bits per heavy atom. The molecule has 69 valence electrons. The van der Waals surface area contributed by atoms with Crippen molar-refractivity contribution in [3.63, 3.8) is 0 Å². The first kappa shape index (κ1) is 8.52. The summed E-state index contributed by atoms with van der Waals surface area (Å²) in [6.07, 6.45) is 7.17. The second-order valence-electron chi connectivity index (χ2n) is 3.86. The van der Waals surface area contributed by atoms with Crippen molar-refractivity contribution < 1.29 is 9.47 Å². The van der Waals surface area contributed by atoms with E-state index in [9.17, 15) is 0 Å². The smallest absolute Gasteiger partial charge is 0.113 e. The zero-order valence-corrected chi connectivity index (χ0v) is 7.66. The molecular weight excluding hydrogens is 152 g/mol. The van der Waals surface area contributed by atoms with E-state index in [0.717, 1.165) is 5.92 Å². The molecule has 0 heterocycles. The van der Waals surface area contributed by atoms with Crippen LogP contribution in [0.25, 0.3) is 0 Å². The lowest BCUT2D eigenvalue weighted by atomic mass is 9.96. The Balaban J connectivity index is 1.62. The second kappa shape index (κ2) is 3.75. The largest absolute Gasteiger partial charge is 0.378 e. The highest BCUT2D eigenvalue weighted by Crippen LogP contribution is 2.36. The third-order valence-corrected chi connectivity index (χ3v) is 2.82. The van der Waals surface area contributed by atoms with Crippen LogP contribution in [0.2, 0.25) is 0 Å². The molecule has 2 aliphatic rings. The van der Waals surface area contributed by atoms with Gasteiger partial charge in [-0.1, -0.05) is 0 Å². The van der Waals surface area contributed by atoms with E-state index in [1.807, 2.05) is 6.61 Å². The van der Waals surface area contributed by atoms with Crippen molar-refractivity contribution in [2.75, 3.05) is 7.11 Å². The van der Waals surface area contributed by atoms with Crippen molar-refractivity contribution in [1.29, 1.82) is 0 Å². The topological polar surface area (TPSA) is 18.5 Å². The van der Waals surface area contributed by atoms with Crippen LogP contribution in [0.5, 0.6) is 0 Å². The lowest BCUT2D eigenvalue weighted by Crippen LogP contribution is -2.25. The molecule has 0 aromatic carbocycles. The highest BCUT2D eigenvalue weighted by molar-refractivity contribution is 4.87. The van der Waals surface area contributed by atoms with Crippen LogP contribution in [0.1, 0.15) is 32.1 Å². The van der Waals surface area contributed by atoms with Crippen LogP contribution in [-0.2, 0) is 9.47 Å². The van der Waals surface area contributed by atoms with Gasteiger partial charge in [0.05, 0.1) is 12.2 Å². The van der Waals surface area contributed by atoms with E-state index in [1.54, 1.807) is 7.11 Å². The molecule has 2 rings (SSSR count). The molecule has 2 saturated carbocycles. The normalized spacial score (nSPS) is 26.8. The van der Waals surface area contributed by atoms with Gasteiger partial charge in [0.25, 0.3) is 0 Å². The molecule has 0 bridgehead atoms. The van der Waals surface area contributed by atoms with Crippen molar-refractivity contribution in [2.45, 2.75) is 44.3 Å². The van der Waals surface area contributed by atoms with Gasteiger partial charge in [-0.25, -0.2) is 0 Å². The fourth-order valence-corrected chi connectivity index (χ4v) is 1.48. The molecule has 2 aliphatic carbocycles. The monoisotopic (exact) mass is 169 g/mol. The zero-order chi connectivity index (χ0) is 8.39. The molecule has 0 N–H and O–H groups in total. The summed E-state index contributed by atoms with van der Waals surface area (Å²) >= 11 is 0. The van der Waals surface area contributed by atoms with Crippen LogP contribution in [0.15, 0.2) is 0 Å². The fraction of sp³-hybridized carbons (Fsp3) is 0.900. The summed E-state index contributed by atoms with van der Waals surface area (Å²) in [5, 5.41) is 0. The van der Waals surface area contributed by atoms with E-state index < -0.39 is 0 Å². The van der Waals surface area contributed by atoms with Crippen LogP contribution in [0.3, 0.4) is 0 Å². The van der Waals surface area contributed by atoms with Crippen LogP contribution >= 0.6 is 0 Å². The first-order chi connectivity index (χ1) is 5.90. The van der Waals surface area contributed by atoms with Crippen LogP contribution in [0, 0.1) is 12.5 Å². The molecule has 1 unspecified atom stereocenters. The van der Waals surface area contributed by atoms with Crippen LogP contribution in [0.4, 0.5) is 0 Å². The molecule has 2 heteroatoms. The highest BCUT2D eigenvalue weighted by Gasteiger charge is 2.32. The van der Waals surface area contributed by atoms with Gasteiger partial charge in [-0.15, -0.1) is 0 Å². The third-order valence-electron chi connectivity index (χ3n) is 2.82. The summed E-state index contributed by atoms with van der Waals surface area (Å²) in [5.74, 6) is 0.745. The molecule has 1 atom stereocenters. The Morgan fingerprint density at radius 1 is 1.25 bits per heavy atom. The minimum absolute atomic E-state index is 0.255. The number of methoxy groups -OCH3 is 1. The molecule has 0 aliphatic heterocycles. The van der Waals surface area contributed by atoms with Crippen molar-refractivity contribution in [1.82, 2.24) is 0 Å². The Kier molecular flexibility index (Phi) is 2.66. The van der Waals surface area contributed by atoms with Gasteiger partial charge in [-0.05, 0) is 38.0 Å². The van der Waals surface area contributed by atoms with Crippen molar-refractivity contribution in [2.24, 2.45) is 5.92 Å². The Bertz CT molecular complexity index is 139. The SMILES string of the molecule is COC([CH]OC1CCC1)C1CC1. The molecular formula is C10H17O2. The summed E-state index contributed by atoms with van der Waals surface area (Å²) < 4.78 is 10.9. The summed E-state index contributed by atoms with van der Waals surface area (Å²) in [5.41, 5.74) is 0. The molecule has 12 heavy (non-hydrogen) atoms.